The van der Waals surface area contributed by atoms with E-state index in [2.05, 4.69) is 15.5 Å². The van der Waals surface area contributed by atoms with Gasteiger partial charge in [0.15, 0.2) is 0 Å². The fourth-order valence-corrected chi connectivity index (χ4v) is 3.95. The topological polar surface area (TPSA) is 59.2 Å². The Bertz CT molecular complexity index is 663. The Hall–Kier alpha value is -1.40. The molecular weight excluding hydrogens is 322 g/mol. The standard InChI is InChI=1S/C15H18ClN3O2S/c1-9-8-22-15(17-9)11-4-3-5-19(7-11)13(20)6-12-10(2)18-21-14(12)16/h8,11H,3-7H2,1-2H3. The maximum atomic E-state index is 12.5. The van der Waals surface area contributed by atoms with Crippen LogP contribution in [0.1, 0.15) is 40.7 Å². The van der Waals surface area contributed by atoms with Gasteiger partial charge in [0.05, 0.1) is 17.1 Å². The number of carbonyl (C=O) groups excluding carboxylic acids is 1. The van der Waals surface area contributed by atoms with Gasteiger partial charge >= 0.3 is 0 Å². The zero-order chi connectivity index (χ0) is 15.7. The van der Waals surface area contributed by atoms with E-state index < -0.39 is 0 Å². The van der Waals surface area contributed by atoms with Crippen LogP contribution in [0.5, 0.6) is 0 Å². The molecule has 2 aromatic rings. The fourth-order valence-electron chi connectivity index (χ4n) is 2.79. The van der Waals surface area contributed by atoms with Crippen LogP contribution in [-0.2, 0) is 11.2 Å². The molecule has 1 amide bonds. The van der Waals surface area contributed by atoms with Gasteiger partial charge in [0.2, 0.25) is 11.1 Å². The van der Waals surface area contributed by atoms with E-state index in [0.717, 1.165) is 36.6 Å². The van der Waals surface area contributed by atoms with Crippen molar-refractivity contribution in [2.75, 3.05) is 13.1 Å². The summed E-state index contributed by atoms with van der Waals surface area (Å²) in [6.45, 7) is 5.33. The molecular formula is C15H18ClN3O2S. The summed E-state index contributed by atoms with van der Waals surface area (Å²) >= 11 is 7.63. The summed E-state index contributed by atoms with van der Waals surface area (Å²) in [6.07, 6.45) is 2.34. The molecule has 0 aromatic carbocycles. The second-order valence-corrected chi connectivity index (χ2v) is 6.94. The van der Waals surface area contributed by atoms with Crippen LogP contribution in [0.4, 0.5) is 0 Å². The third kappa shape index (κ3) is 3.17. The Morgan fingerprint density at radius 1 is 1.55 bits per heavy atom. The molecule has 1 aliphatic heterocycles. The lowest BCUT2D eigenvalue weighted by atomic mass is 9.98. The molecule has 7 heteroatoms. The van der Waals surface area contributed by atoms with Gasteiger partial charge in [-0.15, -0.1) is 11.3 Å². The molecule has 0 spiro atoms. The van der Waals surface area contributed by atoms with Crippen molar-refractivity contribution in [3.63, 3.8) is 0 Å². The Morgan fingerprint density at radius 3 is 3.00 bits per heavy atom. The molecule has 1 aliphatic rings. The number of amides is 1. The summed E-state index contributed by atoms with van der Waals surface area (Å²) in [5.41, 5.74) is 2.43. The summed E-state index contributed by atoms with van der Waals surface area (Å²) in [4.78, 5) is 19.0. The average molecular weight is 340 g/mol. The summed E-state index contributed by atoms with van der Waals surface area (Å²) in [6, 6.07) is 0. The Balaban J connectivity index is 1.68. The number of rotatable bonds is 3. The number of likely N-dealkylation sites (tertiary alicyclic amines) is 1. The second-order valence-electron chi connectivity index (χ2n) is 5.70. The van der Waals surface area contributed by atoms with E-state index in [4.69, 9.17) is 16.1 Å². The summed E-state index contributed by atoms with van der Waals surface area (Å²) < 4.78 is 4.91. The van der Waals surface area contributed by atoms with Gasteiger partial charge in [-0.25, -0.2) is 4.98 Å². The van der Waals surface area contributed by atoms with Gasteiger partial charge in [-0.05, 0) is 38.3 Å². The fraction of sp³-hybridized carbons (Fsp3) is 0.533. The molecule has 118 valence electrons. The van der Waals surface area contributed by atoms with Gasteiger partial charge in [0.25, 0.3) is 0 Å². The highest BCUT2D eigenvalue weighted by atomic mass is 35.5. The van der Waals surface area contributed by atoms with E-state index in [1.807, 2.05) is 11.8 Å². The van der Waals surface area contributed by atoms with Crippen molar-refractivity contribution < 1.29 is 9.32 Å². The molecule has 1 unspecified atom stereocenters. The van der Waals surface area contributed by atoms with Crippen molar-refractivity contribution in [1.29, 1.82) is 0 Å². The van der Waals surface area contributed by atoms with Crippen molar-refractivity contribution >= 4 is 28.8 Å². The van der Waals surface area contributed by atoms with Gasteiger partial charge < -0.3 is 9.42 Å². The lowest BCUT2D eigenvalue weighted by molar-refractivity contribution is -0.131. The molecule has 5 nitrogen and oxygen atoms in total. The first kappa shape index (κ1) is 15.5. The normalized spacial score (nSPS) is 18.7. The first-order chi connectivity index (χ1) is 10.5. The molecule has 0 radical (unpaired) electrons. The second kappa shape index (κ2) is 6.38. The van der Waals surface area contributed by atoms with Crippen LogP contribution in [0.25, 0.3) is 0 Å². The SMILES string of the molecule is Cc1csc(C2CCCN(C(=O)Cc3c(C)noc3Cl)C2)n1. The molecule has 1 fully saturated rings. The highest BCUT2D eigenvalue weighted by molar-refractivity contribution is 7.09. The smallest absolute Gasteiger partial charge is 0.229 e. The van der Waals surface area contributed by atoms with Crippen LogP contribution < -0.4 is 0 Å². The molecule has 3 rings (SSSR count). The van der Waals surface area contributed by atoms with E-state index in [-0.39, 0.29) is 17.5 Å². The van der Waals surface area contributed by atoms with Crippen LogP contribution in [0.2, 0.25) is 5.22 Å². The number of hydrogen-bond donors (Lipinski definition) is 0. The summed E-state index contributed by atoms with van der Waals surface area (Å²) in [5.74, 6) is 0.418. The molecule has 0 aliphatic carbocycles. The molecule has 1 atom stereocenters. The highest BCUT2D eigenvalue weighted by Crippen LogP contribution is 2.30. The van der Waals surface area contributed by atoms with Gasteiger partial charge in [-0.3, -0.25) is 4.79 Å². The number of nitrogens with zero attached hydrogens (tertiary/aromatic N) is 3. The number of thiazole rings is 1. The molecule has 22 heavy (non-hydrogen) atoms. The minimum absolute atomic E-state index is 0.0752. The first-order valence-electron chi connectivity index (χ1n) is 7.35. The van der Waals surface area contributed by atoms with Crippen LogP contribution in [-0.4, -0.2) is 34.0 Å². The van der Waals surface area contributed by atoms with E-state index in [1.165, 1.54) is 0 Å². The van der Waals surface area contributed by atoms with Crippen LogP contribution >= 0.6 is 22.9 Å². The average Bonchev–Trinajstić information content (AvgIpc) is 3.08. The summed E-state index contributed by atoms with van der Waals surface area (Å²) in [7, 11) is 0. The predicted molar refractivity (Wildman–Crippen MR) is 85.4 cm³/mol. The Labute approximate surface area is 138 Å². The first-order valence-corrected chi connectivity index (χ1v) is 8.61. The number of aromatic nitrogens is 2. The van der Waals surface area contributed by atoms with E-state index in [0.29, 0.717) is 17.2 Å². The minimum Gasteiger partial charge on any atom is -0.344 e. The summed E-state index contributed by atoms with van der Waals surface area (Å²) in [5, 5.41) is 7.21. The number of carbonyl (C=O) groups is 1. The predicted octanol–water partition coefficient (Wildman–Crippen LogP) is 3.35. The van der Waals surface area contributed by atoms with E-state index >= 15 is 0 Å². The number of hydrogen-bond acceptors (Lipinski definition) is 5. The molecule has 0 bridgehead atoms. The maximum absolute atomic E-state index is 12.5. The van der Waals surface area contributed by atoms with Gasteiger partial charge in [0, 0.05) is 35.6 Å². The third-order valence-electron chi connectivity index (χ3n) is 4.02. The van der Waals surface area contributed by atoms with Crippen molar-refractivity contribution in [2.45, 2.75) is 39.0 Å². The zero-order valence-electron chi connectivity index (χ0n) is 12.6. The highest BCUT2D eigenvalue weighted by Gasteiger charge is 2.27. The van der Waals surface area contributed by atoms with Gasteiger partial charge in [-0.1, -0.05) is 5.16 Å². The van der Waals surface area contributed by atoms with Crippen LogP contribution in [0, 0.1) is 13.8 Å². The monoisotopic (exact) mass is 339 g/mol. The van der Waals surface area contributed by atoms with Gasteiger partial charge in [-0.2, -0.15) is 0 Å². The number of halogens is 1. The lowest BCUT2D eigenvalue weighted by Crippen LogP contribution is -2.40. The molecule has 1 saturated heterocycles. The van der Waals surface area contributed by atoms with Crippen molar-refractivity contribution in [3.05, 3.63) is 32.6 Å². The van der Waals surface area contributed by atoms with E-state index in [1.54, 1.807) is 18.3 Å². The molecule has 2 aromatic heterocycles. The Kier molecular flexibility index (Phi) is 4.49. The van der Waals surface area contributed by atoms with Crippen molar-refractivity contribution in [2.24, 2.45) is 0 Å². The minimum atomic E-state index is 0.0752. The van der Waals surface area contributed by atoms with Crippen LogP contribution in [0.15, 0.2) is 9.90 Å². The number of aryl methyl sites for hydroxylation is 2. The Morgan fingerprint density at radius 2 is 2.36 bits per heavy atom. The molecule has 3 heterocycles. The van der Waals surface area contributed by atoms with E-state index in [9.17, 15) is 4.79 Å². The van der Waals surface area contributed by atoms with Crippen molar-refractivity contribution in [1.82, 2.24) is 15.0 Å². The lowest BCUT2D eigenvalue weighted by Gasteiger charge is -2.31. The molecule has 0 N–H and O–H groups in total. The zero-order valence-corrected chi connectivity index (χ0v) is 14.2. The number of piperidine rings is 1. The third-order valence-corrected chi connectivity index (χ3v) is 5.45. The largest absolute Gasteiger partial charge is 0.344 e. The quantitative estimate of drug-likeness (QED) is 0.860. The van der Waals surface area contributed by atoms with Crippen LogP contribution in [0.3, 0.4) is 0 Å². The molecule has 0 saturated carbocycles. The van der Waals surface area contributed by atoms with Crippen molar-refractivity contribution in [3.8, 4) is 0 Å². The van der Waals surface area contributed by atoms with Gasteiger partial charge in [0.1, 0.15) is 0 Å². The maximum Gasteiger partial charge on any atom is 0.229 e.